The van der Waals surface area contributed by atoms with Crippen molar-refractivity contribution in [2.24, 2.45) is 5.41 Å². The third-order valence-corrected chi connectivity index (χ3v) is 4.15. The zero-order chi connectivity index (χ0) is 17.0. The first-order valence-corrected chi connectivity index (χ1v) is 7.29. The fourth-order valence-electron chi connectivity index (χ4n) is 2.94. The smallest absolute Gasteiger partial charge is 0.313 e. The van der Waals surface area contributed by atoms with Gasteiger partial charge < -0.3 is 19.5 Å². The summed E-state index contributed by atoms with van der Waals surface area (Å²) in [5.41, 5.74) is -1.28. The number of amides is 1. The van der Waals surface area contributed by atoms with Crippen molar-refractivity contribution in [1.82, 2.24) is 4.90 Å². The van der Waals surface area contributed by atoms with E-state index >= 15 is 0 Å². The zero-order valence-electron chi connectivity index (χ0n) is 13.2. The number of carboxylic acids is 1. The van der Waals surface area contributed by atoms with Crippen LogP contribution in [0.1, 0.15) is 23.2 Å². The SMILES string of the molecule is COCC1(C(=O)O)CCCN(C(=O)c2cccc(OC)c2F)C1. The molecule has 1 aliphatic heterocycles. The first-order chi connectivity index (χ1) is 10.9. The van der Waals surface area contributed by atoms with Crippen LogP contribution in [0.5, 0.6) is 5.75 Å². The number of methoxy groups -OCH3 is 2. The van der Waals surface area contributed by atoms with Gasteiger partial charge in [0.1, 0.15) is 5.41 Å². The van der Waals surface area contributed by atoms with Gasteiger partial charge in [0.25, 0.3) is 5.91 Å². The molecule has 0 bridgehead atoms. The Balaban J connectivity index is 2.28. The normalized spacial score (nSPS) is 21.1. The van der Waals surface area contributed by atoms with Crippen molar-refractivity contribution in [2.45, 2.75) is 12.8 Å². The van der Waals surface area contributed by atoms with E-state index in [0.717, 1.165) is 0 Å². The van der Waals surface area contributed by atoms with Crippen LogP contribution < -0.4 is 4.74 Å². The average molecular weight is 325 g/mol. The van der Waals surface area contributed by atoms with E-state index in [2.05, 4.69) is 0 Å². The van der Waals surface area contributed by atoms with E-state index in [1.165, 1.54) is 37.3 Å². The predicted molar refractivity (Wildman–Crippen MR) is 80.0 cm³/mol. The van der Waals surface area contributed by atoms with E-state index in [-0.39, 0.29) is 24.5 Å². The Hall–Kier alpha value is -2.15. The number of carboxylic acid groups (broad SMARTS) is 1. The molecule has 0 spiro atoms. The Morgan fingerprint density at radius 1 is 1.39 bits per heavy atom. The summed E-state index contributed by atoms with van der Waals surface area (Å²) in [6, 6.07) is 4.32. The summed E-state index contributed by atoms with van der Waals surface area (Å²) in [6.45, 7) is 0.382. The minimum atomic E-state index is -1.15. The summed E-state index contributed by atoms with van der Waals surface area (Å²) < 4.78 is 24.2. The first kappa shape index (κ1) is 17.2. The minimum absolute atomic E-state index is 0.00665. The molecular weight excluding hydrogens is 305 g/mol. The number of rotatable bonds is 5. The second kappa shape index (κ2) is 6.95. The van der Waals surface area contributed by atoms with Crippen LogP contribution in [0.25, 0.3) is 0 Å². The van der Waals surface area contributed by atoms with E-state index in [0.29, 0.717) is 19.4 Å². The molecule has 1 saturated heterocycles. The number of aliphatic carboxylic acids is 1. The zero-order valence-corrected chi connectivity index (χ0v) is 13.2. The average Bonchev–Trinajstić information content (AvgIpc) is 2.55. The lowest BCUT2D eigenvalue weighted by atomic mass is 9.80. The molecule has 0 saturated carbocycles. The molecule has 0 aromatic heterocycles. The molecule has 126 valence electrons. The minimum Gasteiger partial charge on any atom is -0.494 e. The Morgan fingerprint density at radius 2 is 2.13 bits per heavy atom. The maximum absolute atomic E-state index is 14.3. The van der Waals surface area contributed by atoms with Crippen LogP contribution in [-0.4, -0.2) is 55.8 Å². The molecule has 1 heterocycles. The molecule has 7 heteroatoms. The molecule has 1 aliphatic rings. The first-order valence-electron chi connectivity index (χ1n) is 7.29. The van der Waals surface area contributed by atoms with Gasteiger partial charge in [0.05, 0.1) is 19.3 Å². The van der Waals surface area contributed by atoms with Gasteiger partial charge in [0.2, 0.25) is 0 Å². The van der Waals surface area contributed by atoms with Gasteiger partial charge in [-0.25, -0.2) is 4.39 Å². The highest BCUT2D eigenvalue weighted by atomic mass is 19.1. The highest BCUT2D eigenvalue weighted by molar-refractivity contribution is 5.95. The number of nitrogens with zero attached hydrogens (tertiary/aromatic N) is 1. The van der Waals surface area contributed by atoms with E-state index < -0.39 is 23.1 Å². The van der Waals surface area contributed by atoms with Crippen LogP contribution in [0.4, 0.5) is 4.39 Å². The highest BCUT2D eigenvalue weighted by Crippen LogP contribution is 2.32. The van der Waals surface area contributed by atoms with E-state index in [4.69, 9.17) is 9.47 Å². The number of carbonyl (C=O) groups excluding carboxylic acids is 1. The highest BCUT2D eigenvalue weighted by Gasteiger charge is 2.44. The summed E-state index contributed by atoms with van der Waals surface area (Å²) in [5.74, 6) is -2.31. The standard InChI is InChI=1S/C16H20FNO5/c1-22-10-16(15(20)21)7-4-8-18(9-16)14(19)11-5-3-6-12(23-2)13(11)17/h3,5-6H,4,7-10H2,1-2H3,(H,20,21). The molecule has 0 radical (unpaired) electrons. The fraction of sp³-hybridized carbons (Fsp3) is 0.500. The van der Waals surface area contributed by atoms with Crippen LogP contribution in [0.15, 0.2) is 18.2 Å². The van der Waals surface area contributed by atoms with E-state index in [1.807, 2.05) is 0 Å². The summed E-state index contributed by atoms with van der Waals surface area (Å²) in [4.78, 5) is 25.6. The second-order valence-corrected chi connectivity index (χ2v) is 5.67. The van der Waals surface area contributed by atoms with Crippen LogP contribution in [0.2, 0.25) is 0 Å². The van der Waals surface area contributed by atoms with E-state index in [9.17, 15) is 19.1 Å². The van der Waals surface area contributed by atoms with Crippen molar-refractivity contribution in [1.29, 1.82) is 0 Å². The van der Waals surface area contributed by atoms with Gasteiger partial charge in [-0.3, -0.25) is 9.59 Å². The van der Waals surface area contributed by atoms with Crippen molar-refractivity contribution in [2.75, 3.05) is 33.9 Å². The molecule has 1 amide bonds. The quantitative estimate of drug-likeness (QED) is 0.893. The van der Waals surface area contributed by atoms with Gasteiger partial charge in [0.15, 0.2) is 11.6 Å². The number of likely N-dealkylation sites (tertiary alicyclic amines) is 1. The molecule has 1 N–H and O–H groups in total. The van der Waals surface area contributed by atoms with Gasteiger partial charge in [-0.1, -0.05) is 6.07 Å². The topological polar surface area (TPSA) is 76.1 Å². The number of carbonyl (C=O) groups is 2. The molecule has 2 rings (SSSR count). The Kier molecular flexibility index (Phi) is 5.20. The molecular formula is C16H20FNO5. The second-order valence-electron chi connectivity index (χ2n) is 5.67. The van der Waals surface area contributed by atoms with Crippen molar-refractivity contribution in [3.05, 3.63) is 29.6 Å². The largest absolute Gasteiger partial charge is 0.494 e. The molecule has 0 aliphatic carbocycles. The number of benzene rings is 1. The van der Waals surface area contributed by atoms with Crippen molar-refractivity contribution in [3.63, 3.8) is 0 Å². The molecule has 1 aromatic carbocycles. The third kappa shape index (κ3) is 3.29. The summed E-state index contributed by atoms with van der Waals surface area (Å²) in [6.07, 6.45) is 0.938. The monoisotopic (exact) mass is 325 g/mol. The summed E-state index contributed by atoms with van der Waals surface area (Å²) in [7, 11) is 2.74. The molecule has 23 heavy (non-hydrogen) atoms. The third-order valence-electron chi connectivity index (χ3n) is 4.15. The lowest BCUT2D eigenvalue weighted by Crippen LogP contribution is -2.52. The fourth-order valence-corrected chi connectivity index (χ4v) is 2.94. The maximum atomic E-state index is 14.3. The molecule has 1 atom stereocenters. The Labute approximate surface area is 133 Å². The Bertz CT molecular complexity index is 602. The van der Waals surface area contributed by atoms with Crippen molar-refractivity contribution < 1.29 is 28.6 Å². The lowest BCUT2D eigenvalue weighted by molar-refractivity contribution is -0.155. The Morgan fingerprint density at radius 3 is 2.74 bits per heavy atom. The van der Waals surface area contributed by atoms with Gasteiger partial charge in [-0.15, -0.1) is 0 Å². The van der Waals surface area contributed by atoms with Gasteiger partial charge >= 0.3 is 5.97 Å². The molecule has 1 fully saturated rings. The van der Waals surface area contributed by atoms with Crippen LogP contribution in [0, 0.1) is 11.2 Å². The maximum Gasteiger partial charge on any atom is 0.313 e. The number of halogens is 1. The van der Waals surface area contributed by atoms with Gasteiger partial charge in [-0.05, 0) is 25.0 Å². The van der Waals surface area contributed by atoms with Crippen LogP contribution in [0.3, 0.4) is 0 Å². The van der Waals surface area contributed by atoms with Crippen LogP contribution in [-0.2, 0) is 9.53 Å². The van der Waals surface area contributed by atoms with Gasteiger partial charge in [0, 0.05) is 20.2 Å². The van der Waals surface area contributed by atoms with Gasteiger partial charge in [-0.2, -0.15) is 0 Å². The number of hydrogen-bond donors (Lipinski definition) is 1. The number of piperidine rings is 1. The van der Waals surface area contributed by atoms with E-state index in [1.54, 1.807) is 0 Å². The number of hydrogen-bond acceptors (Lipinski definition) is 4. The molecule has 6 nitrogen and oxygen atoms in total. The lowest BCUT2D eigenvalue weighted by Gasteiger charge is -2.39. The van der Waals surface area contributed by atoms with Crippen molar-refractivity contribution >= 4 is 11.9 Å². The van der Waals surface area contributed by atoms with Crippen LogP contribution >= 0.6 is 0 Å². The van der Waals surface area contributed by atoms with Crippen molar-refractivity contribution in [3.8, 4) is 5.75 Å². The predicted octanol–water partition coefficient (Wildman–Crippen LogP) is 1.79. The number of ether oxygens (including phenoxy) is 2. The molecule has 1 aromatic rings. The summed E-state index contributed by atoms with van der Waals surface area (Å²) >= 11 is 0. The molecule has 1 unspecified atom stereocenters. The summed E-state index contributed by atoms with van der Waals surface area (Å²) in [5, 5.41) is 9.51.